The summed E-state index contributed by atoms with van der Waals surface area (Å²) in [7, 11) is 0. The van der Waals surface area contributed by atoms with Gasteiger partial charge >= 0.3 is 0 Å². The summed E-state index contributed by atoms with van der Waals surface area (Å²) in [5.41, 5.74) is 0.606. The van der Waals surface area contributed by atoms with Crippen molar-refractivity contribution >= 4 is 5.91 Å². The first-order valence-electron chi connectivity index (χ1n) is 8.60. The third-order valence-electron chi connectivity index (χ3n) is 3.93. The van der Waals surface area contributed by atoms with Crippen molar-refractivity contribution in [2.24, 2.45) is 5.41 Å². The first kappa shape index (κ1) is 19.0. The zero-order valence-corrected chi connectivity index (χ0v) is 15.1. The van der Waals surface area contributed by atoms with Crippen molar-refractivity contribution in [1.29, 1.82) is 0 Å². The lowest BCUT2D eigenvalue weighted by Gasteiger charge is -2.28. The van der Waals surface area contributed by atoms with Crippen LogP contribution in [0.4, 0.5) is 0 Å². The van der Waals surface area contributed by atoms with Gasteiger partial charge in [0.2, 0.25) is 6.10 Å². The highest BCUT2D eigenvalue weighted by Crippen LogP contribution is 2.24. The first-order valence-corrected chi connectivity index (χ1v) is 8.60. The molecule has 2 atom stereocenters. The second-order valence-electron chi connectivity index (χ2n) is 7.16. The van der Waals surface area contributed by atoms with E-state index in [2.05, 4.69) is 5.32 Å². The number of hydrogen-bond acceptors (Lipinski definition) is 3. The van der Waals surface area contributed by atoms with Crippen molar-refractivity contribution in [3.8, 4) is 5.75 Å². The Labute approximate surface area is 149 Å². The van der Waals surface area contributed by atoms with E-state index in [1.807, 2.05) is 74.5 Å². The van der Waals surface area contributed by atoms with Gasteiger partial charge < -0.3 is 15.2 Å². The van der Waals surface area contributed by atoms with E-state index in [1.165, 1.54) is 0 Å². The molecule has 0 heterocycles. The number of carbonyl (C=O) groups is 1. The van der Waals surface area contributed by atoms with Gasteiger partial charge in [0, 0.05) is 12.1 Å². The molecule has 0 saturated heterocycles. The first-order chi connectivity index (χ1) is 11.9. The molecule has 0 spiro atoms. The smallest absolute Gasteiger partial charge is 0.265 e. The van der Waals surface area contributed by atoms with Crippen LogP contribution in [-0.4, -0.2) is 23.7 Å². The molecule has 0 bridgehead atoms. The van der Waals surface area contributed by atoms with E-state index in [0.29, 0.717) is 18.7 Å². The molecular weight excluding hydrogens is 314 g/mol. The molecule has 25 heavy (non-hydrogen) atoms. The molecule has 2 N–H and O–H groups in total. The predicted octanol–water partition coefficient (Wildman–Crippen LogP) is 3.72. The normalized spacial score (nSPS) is 13.8. The van der Waals surface area contributed by atoms with E-state index in [4.69, 9.17) is 4.74 Å². The van der Waals surface area contributed by atoms with E-state index in [9.17, 15) is 9.90 Å². The van der Waals surface area contributed by atoms with Crippen LogP contribution < -0.4 is 10.1 Å². The lowest BCUT2D eigenvalue weighted by atomic mass is 9.87. The van der Waals surface area contributed by atoms with Crippen molar-refractivity contribution in [3.05, 3.63) is 66.2 Å². The summed E-state index contributed by atoms with van der Waals surface area (Å²) in [6.45, 7) is 6.28. The van der Waals surface area contributed by atoms with Crippen LogP contribution in [0.3, 0.4) is 0 Å². The number of aliphatic hydroxyl groups is 1. The van der Waals surface area contributed by atoms with Gasteiger partial charge in [0.25, 0.3) is 5.91 Å². The summed E-state index contributed by atoms with van der Waals surface area (Å²) in [5.74, 6) is 0.462. The summed E-state index contributed by atoms with van der Waals surface area (Å²) >= 11 is 0. The third-order valence-corrected chi connectivity index (χ3v) is 3.93. The van der Waals surface area contributed by atoms with Crippen LogP contribution in [0.2, 0.25) is 0 Å². The molecule has 0 aromatic heterocycles. The number of amides is 1. The van der Waals surface area contributed by atoms with E-state index in [0.717, 1.165) is 5.56 Å². The molecule has 1 amide bonds. The quantitative estimate of drug-likeness (QED) is 0.769. The van der Waals surface area contributed by atoms with E-state index in [1.54, 1.807) is 6.92 Å². The summed E-state index contributed by atoms with van der Waals surface area (Å²) in [6.07, 6.45) is -0.508. The Bertz CT molecular complexity index is 653. The van der Waals surface area contributed by atoms with Gasteiger partial charge in [-0.15, -0.1) is 0 Å². The van der Waals surface area contributed by atoms with E-state index >= 15 is 0 Å². The molecule has 4 nitrogen and oxygen atoms in total. The van der Waals surface area contributed by atoms with Crippen LogP contribution in [0.25, 0.3) is 0 Å². The summed E-state index contributed by atoms with van der Waals surface area (Å²) in [6, 6.07) is 18.8. The van der Waals surface area contributed by atoms with Crippen molar-refractivity contribution in [2.45, 2.75) is 39.4 Å². The molecule has 0 saturated carbocycles. The number of aliphatic hydroxyl groups excluding tert-OH is 1. The molecule has 2 aromatic rings. The van der Waals surface area contributed by atoms with Crippen LogP contribution in [0.15, 0.2) is 60.7 Å². The predicted molar refractivity (Wildman–Crippen MR) is 99.3 cm³/mol. The second kappa shape index (κ2) is 8.67. The Morgan fingerprint density at radius 1 is 1.08 bits per heavy atom. The average Bonchev–Trinajstić information content (AvgIpc) is 2.58. The fraction of sp³-hybridized carbons (Fsp3) is 0.381. The second-order valence-corrected chi connectivity index (χ2v) is 7.16. The fourth-order valence-corrected chi connectivity index (χ4v) is 2.83. The lowest BCUT2D eigenvalue weighted by molar-refractivity contribution is -0.128. The van der Waals surface area contributed by atoms with E-state index < -0.39 is 12.2 Å². The molecule has 2 aromatic carbocycles. The molecule has 2 unspecified atom stereocenters. The van der Waals surface area contributed by atoms with Gasteiger partial charge in [0.1, 0.15) is 5.75 Å². The fourth-order valence-electron chi connectivity index (χ4n) is 2.83. The monoisotopic (exact) mass is 341 g/mol. The molecule has 134 valence electrons. The maximum absolute atomic E-state index is 12.8. The topological polar surface area (TPSA) is 58.6 Å². The van der Waals surface area contributed by atoms with Gasteiger partial charge in [-0.3, -0.25) is 4.79 Å². The zero-order chi connectivity index (χ0) is 18.3. The third kappa shape index (κ3) is 6.24. The molecule has 0 aliphatic rings. The molecule has 0 aliphatic heterocycles. The molecular formula is C21H27NO3. The summed E-state index contributed by atoms with van der Waals surface area (Å²) in [5, 5.41) is 12.6. The van der Waals surface area contributed by atoms with Crippen molar-refractivity contribution < 1.29 is 14.6 Å². The highest BCUT2D eigenvalue weighted by molar-refractivity contribution is 5.82. The summed E-state index contributed by atoms with van der Waals surface area (Å²) in [4.78, 5) is 12.8. The van der Waals surface area contributed by atoms with E-state index in [-0.39, 0.29) is 11.3 Å². The van der Waals surface area contributed by atoms with Gasteiger partial charge in [-0.05, 0) is 30.9 Å². The number of nitrogens with one attached hydrogen (secondary N) is 1. The number of rotatable bonds is 8. The van der Waals surface area contributed by atoms with Gasteiger partial charge in [-0.25, -0.2) is 0 Å². The van der Waals surface area contributed by atoms with Crippen LogP contribution >= 0.6 is 0 Å². The van der Waals surface area contributed by atoms with Crippen molar-refractivity contribution in [3.63, 3.8) is 0 Å². The minimum absolute atomic E-state index is 0.186. The lowest BCUT2D eigenvalue weighted by Crippen LogP contribution is -2.39. The van der Waals surface area contributed by atoms with Gasteiger partial charge in [-0.1, -0.05) is 62.4 Å². The Kier molecular flexibility index (Phi) is 6.59. The highest BCUT2D eigenvalue weighted by atomic mass is 16.5. The number of para-hydroxylation sites is 1. The number of ether oxygens (including phenoxy) is 1. The minimum Gasteiger partial charge on any atom is -0.476 e. The standard InChI is InChI=1S/C21H27NO3/c1-16(23)14-21(2,3)15-22-20(24)19(17-10-6-4-7-11-17)25-18-12-8-5-9-13-18/h4-13,16,19,23H,14-15H2,1-3H3,(H,22,24). The number of benzene rings is 2. The Balaban J connectivity index is 2.11. The molecule has 0 aliphatic carbocycles. The van der Waals surface area contributed by atoms with Gasteiger partial charge in [-0.2, -0.15) is 0 Å². The molecule has 4 heteroatoms. The average molecular weight is 341 g/mol. The molecule has 2 rings (SSSR count). The largest absolute Gasteiger partial charge is 0.476 e. The maximum atomic E-state index is 12.8. The van der Waals surface area contributed by atoms with Crippen molar-refractivity contribution in [1.82, 2.24) is 5.32 Å². The number of carbonyl (C=O) groups excluding carboxylic acids is 1. The van der Waals surface area contributed by atoms with Crippen LogP contribution in [0, 0.1) is 5.41 Å². The molecule has 0 fully saturated rings. The van der Waals surface area contributed by atoms with Crippen molar-refractivity contribution in [2.75, 3.05) is 6.54 Å². The van der Waals surface area contributed by atoms with Gasteiger partial charge in [0.15, 0.2) is 0 Å². The highest BCUT2D eigenvalue weighted by Gasteiger charge is 2.26. The molecule has 0 radical (unpaired) electrons. The Hall–Kier alpha value is -2.33. The van der Waals surface area contributed by atoms with Crippen LogP contribution in [0.1, 0.15) is 38.9 Å². The summed E-state index contributed by atoms with van der Waals surface area (Å²) < 4.78 is 5.95. The van der Waals surface area contributed by atoms with Gasteiger partial charge in [0.05, 0.1) is 6.10 Å². The maximum Gasteiger partial charge on any atom is 0.265 e. The number of hydrogen-bond donors (Lipinski definition) is 2. The minimum atomic E-state index is -0.717. The Morgan fingerprint density at radius 3 is 2.20 bits per heavy atom. The van der Waals surface area contributed by atoms with Crippen LogP contribution in [-0.2, 0) is 4.79 Å². The van der Waals surface area contributed by atoms with Crippen LogP contribution in [0.5, 0.6) is 5.75 Å². The zero-order valence-electron chi connectivity index (χ0n) is 15.1. The SMILES string of the molecule is CC(O)CC(C)(C)CNC(=O)C(Oc1ccccc1)c1ccccc1. The Morgan fingerprint density at radius 2 is 1.64 bits per heavy atom.